The van der Waals surface area contributed by atoms with Crippen LogP contribution in [0.5, 0.6) is 5.75 Å². The summed E-state index contributed by atoms with van der Waals surface area (Å²) >= 11 is 0. The van der Waals surface area contributed by atoms with E-state index in [0.29, 0.717) is 17.3 Å². The molecule has 3 N–H and O–H groups in total. The minimum absolute atomic E-state index is 0.0280. The molecule has 188 valence electrons. The van der Waals surface area contributed by atoms with Crippen LogP contribution in [0.4, 0.5) is 16.3 Å². The first-order valence-electron chi connectivity index (χ1n) is 12.6. The average Bonchev–Trinajstić information content (AvgIpc) is 2.83. The van der Waals surface area contributed by atoms with E-state index >= 15 is 0 Å². The van der Waals surface area contributed by atoms with Crippen molar-refractivity contribution in [3.05, 3.63) is 30.3 Å². The normalized spacial score (nSPS) is 20.6. The molecule has 3 aliphatic rings. The number of anilines is 2. The molecule has 0 saturated carbocycles. The summed E-state index contributed by atoms with van der Waals surface area (Å²) in [6.07, 6.45) is 3.83. The Morgan fingerprint density at radius 3 is 2.51 bits per heavy atom. The Kier molecular flexibility index (Phi) is 6.21. The number of carbonyl (C=O) groups is 1. The monoisotopic (exact) mass is 480 g/mol. The highest BCUT2D eigenvalue weighted by Gasteiger charge is 2.40. The third-order valence-corrected chi connectivity index (χ3v) is 7.36. The largest absolute Gasteiger partial charge is 0.507 e. The average molecular weight is 481 g/mol. The highest BCUT2D eigenvalue weighted by atomic mass is 16.6. The number of ether oxygens (including phenoxy) is 1. The van der Waals surface area contributed by atoms with Gasteiger partial charge >= 0.3 is 6.09 Å². The van der Waals surface area contributed by atoms with Gasteiger partial charge in [-0.1, -0.05) is 12.1 Å². The molecule has 2 aromatic rings. The number of phenols is 1. The van der Waals surface area contributed by atoms with Gasteiger partial charge in [0.25, 0.3) is 0 Å². The second-order valence-electron chi connectivity index (χ2n) is 11.0. The van der Waals surface area contributed by atoms with E-state index in [1.165, 1.54) is 0 Å². The lowest BCUT2D eigenvalue weighted by Gasteiger charge is -2.48. The van der Waals surface area contributed by atoms with Gasteiger partial charge in [0.15, 0.2) is 5.82 Å². The van der Waals surface area contributed by atoms with Crippen LogP contribution < -0.4 is 10.6 Å². The van der Waals surface area contributed by atoms with Gasteiger partial charge in [0.2, 0.25) is 0 Å². The van der Waals surface area contributed by atoms with Gasteiger partial charge in [0.05, 0.1) is 16.9 Å². The lowest BCUT2D eigenvalue weighted by Crippen LogP contribution is -2.58. The van der Waals surface area contributed by atoms with Crippen LogP contribution in [0, 0.1) is 0 Å². The number of hydrogen-bond donors (Lipinski definition) is 3. The molecule has 1 aromatic heterocycles. The van der Waals surface area contributed by atoms with Crippen molar-refractivity contribution in [2.24, 2.45) is 0 Å². The summed E-state index contributed by atoms with van der Waals surface area (Å²) in [6.45, 7) is 10.1. The van der Waals surface area contributed by atoms with Crippen molar-refractivity contribution in [2.45, 2.75) is 63.6 Å². The number of para-hydroxylation sites is 1. The molecule has 0 atom stereocenters. The van der Waals surface area contributed by atoms with E-state index in [-0.39, 0.29) is 17.4 Å². The molecule has 4 heterocycles. The SMILES string of the molecule is CC(C)(C)OC(=O)N1CCC(N2CCC3(CC2)CNc2nnc(-c4ccccc4O)cc2N3)CC1. The van der Waals surface area contributed by atoms with E-state index in [1.807, 2.05) is 43.9 Å². The number of benzene rings is 1. The standard InChI is InChI=1S/C26H36N6O3/c1-25(2,3)35-24(34)32-12-8-18(9-13-32)31-14-10-26(11-15-31)17-27-23-21(28-26)16-20(29-30-23)19-6-4-5-7-22(19)33/h4-7,16,18,28,33H,8-15,17H2,1-3H3,(H,27,30). The molecule has 1 aromatic carbocycles. The van der Waals surface area contributed by atoms with Crippen LogP contribution >= 0.6 is 0 Å². The Morgan fingerprint density at radius 1 is 1.11 bits per heavy atom. The van der Waals surface area contributed by atoms with Gasteiger partial charge in [0.1, 0.15) is 11.4 Å². The number of fused-ring (bicyclic) bond motifs is 1. The maximum absolute atomic E-state index is 12.4. The van der Waals surface area contributed by atoms with E-state index < -0.39 is 5.60 Å². The molecule has 0 unspecified atom stereocenters. The fraction of sp³-hybridized carbons (Fsp3) is 0.577. The molecule has 1 spiro atoms. The lowest BCUT2D eigenvalue weighted by molar-refractivity contribution is 0.0117. The molecule has 3 aliphatic heterocycles. The zero-order chi connectivity index (χ0) is 24.6. The summed E-state index contributed by atoms with van der Waals surface area (Å²) < 4.78 is 5.54. The fourth-order valence-electron chi connectivity index (χ4n) is 5.38. The van der Waals surface area contributed by atoms with Crippen LogP contribution in [0.25, 0.3) is 11.3 Å². The summed E-state index contributed by atoms with van der Waals surface area (Å²) in [4.78, 5) is 16.8. The van der Waals surface area contributed by atoms with Crippen molar-refractivity contribution in [2.75, 3.05) is 43.4 Å². The number of hydrogen-bond acceptors (Lipinski definition) is 8. The van der Waals surface area contributed by atoms with Crippen LogP contribution in [0.3, 0.4) is 0 Å². The second kappa shape index (κ2) is 9.18. The predicted molar refractivity (Wildman–Crippen MR) is 136 cm³/mol. The van der Waals surface area contributed by atoms with E-state index in [4.69, 9.17) is 4.74 Å². The predicted octanol–water partition coefficient (Wildman–Crippen LogP) is 3.92. The van der Waals surface area contributed by atoms with Gasteiger partial charge in [-0.25, -0.2) is 4.79 Å². The molecule has 0 aliphatic carbocycles. The van der Waals surface area contributed by atoms with Crippen molar-refractivity contribution in [3.63, 3.8) is 0 Å². The van der Waals surface area contributed by atoms with Crippen LogP contribution in [0.2, 0.25) is 0 Å². The fourth-order valence-corrected chi connectivity index (χ4v) is 5.38. The first kappa shape index (κ1) is 23.7. The molecular weight excluding hydrogens is 444 g/mol. The van der Waals surface area contributed by atoms with Gasteiger partial charge in [0, 0.05) is 44.3 Å². The molecule has 9 nitrogen and oxygen atoms in total. The zero-order valence-corrected chi connectivity index (χ0v) is 20.9. The van der Waals surface area contributed by atoms with Gasteiger partial charge in [-0.05, 0) is 64.7 Å². The quantitative estimate of drug-likeness (QED) is 0.594. The Bertz CT molecular complexity index is 1070. The molecule has 0 radical (unpaired) electrons. The third-order valence-electron chi connectivity index (χ3n) is 7.36. The van der Waals surface area contributed by atoms with Crippen molar-refractivity contribution < 1.29 is 14.6 Å². The number of rotatable bonds is 2. The maximum Gasteiger partial charge on any atom is 0.410 e. The number of likely N-dealkylation sites (tertiary alicyclic amines) is 2. The van der Waals surface area contributed by atoms with Gasteiger partial charge in [-0.2, -0.15) is 0 Å². The lowest BCUT2D eigenvalue weighted by atomic mass is 9.84. The number of phenolic OH excluding ortho intramolecular Hbond substituents is 1. The molecule has 2 fully saturated rings. The Hall–Kier alpha value is -3.07. The summed E-state index contributed by atoms with van der Waals surface area (Å²) in [7, 11) is 0. The number of nitrogens with one attached hydrogen (secondary N) is 2. The zero-order valence-electron chi connectivity index (χ0n) is 20.9. The smallest absolute Gasteiger partial charge is 0.410 e. The number of aromatic hydroxyl groups is 1. The summed E-state index contributed by atoms with van der Waals surface area (Å²) in [6, 6.07) is 9.69. The number of nitrogens with zero attached hydrogens (tertiary/aromatic N) is 4. The number of aromatic nitrogens is 2. The topological polar surface area (TPSA) is 103 Å². The maximum atomic E-state index is 12.4. The molecule has 5 rings (SSSR count). The highest BCUT2D eigenvalue weighted by molar-refractivity contribution is 5.76. The van der Waals surface area contributed by atoms with Crippen LogP contribution in [0.1, 0.15) is 46.5 Å². The number of piperidine rings is 2. The minimum atomic E-state index is -0.456. The van der Waals surface area contributed by atoms with Gasteiger partial charge in [-0.3, -0.25) is 0 Å². The number of amides is 1. The van der Waals surface area contributed by atoms with Gasteiger partial charge in [-0.15, -0.1) is 10.2 Å². The Morgan fingerprint density at radius 2 is 1.83 bits per heavy atom. The van der Waals surface area contributed by atoms with Gasteiger partial charge < -0.3 is 30.3 Å². The molecule has 2 saturated heterocycles. The van der Waals surface area contributed by atoms with Crippen LogP contribution in [-0.4, -0.2) is 81.1 Å². The molecule has 1 amide bonds. The summed E-state index contributed by atoms with van der Waals surface area (Å²) in [5.41, 5.74) is 1.78. The van der Waals surface area contributed by atoms with Crippen molar-refractivity contribution in [1.29, 1.82) is 0 Å². The highest BCUT2D eigenvalue weighted by Crippen LogP contribution is 2.38. The first-order chi connectivity index (χ1) is 16.7. The molecule has 0 bridgehead atoms. The van der Waals surface area contributed by atoms with E-state index in [9.17, 15) is 9.90 Å². The van der Waals surface area contributed by atoms with E-state index in [0.717, 1.165) is 69.9 Å². The van der Waals surface area contributed by atoms with Crippen molar-refractivity contribution in [3.8, 4) is 17.0 Å². The first-order valence-corrected chi connectivity index (χ1v) is 12.6. The van der Waals surface area contributed by atoms with Crippen molar-refractivity contribution >= 4 is 17.6 Å². The summed E-state index contributed by atoms with van der Waals surface area (Å²) in [5.74, 6) is 0.956. The number of carbonyl (C=O) groups excluding carboxylic acids is 1. The van der Waals surface area contributed by atoms with Crippen LogP contribution in [0.15, 0.2) is 30.3 Å². The van der Waals surface area contributed by atoms with Crippen molar-refractivity contribution in [1.82, 2.24) is 20.0 Å². The molecule has 9 heteroatoms. The third kappa shape index (κ3) is 5.15. The minimum Gasteiger partial charge on any atom is -0.507 e. The van der Waals surface area contributed by atoms with E-state index in [1.54, 1.807) is 12.1 Å². The summed E-state index contributed by atoms with van der Waals surface area (Å²) in [5, 5.41) is 26.1. The van der Waals surface area contributed by atoms with Crippen LogP contribution in [-0.2, 0) is 4.74 Å². The Labute approximate surface area is 206 Å². The molecule has 35 heavy (non-hydrogen) atoms. The second-order valence-corrected chi connectivity index (χ2v) is 11.0. The Balaban J connectivity index is 1.18. The molecular formula is C26H36N6O3. The van der Waals surface area contributed by atoms with E-state index in [2.05, 4.69) is 25.7 Å².